The van der Waals surface area contributed by atoms with Crippen LogP contribution in [-0.4, -0.2) is 68.6 Å². The maximum absolute atomic E-state index is 2.59. The van der Waals surface area contributed by atoms with E-state index in [0.29, 0.717) is 0 Å². The topological polar surface area (TPSA) is 9.72 Å². The quantitative estimate of drug-likeness (QED) is 0.796. The third-order valence-electron chi connectivity index (χ3n) is 4.31. The molecule has 1 heterocycles. The Morgan fingerprint density at radius 2 is 1.67 bits per heavy atom. The number of likely N-dealkylation sites (N-methyl/N-ethyl adjacent to an activating group) is 1. The van der Waals surface area contributed by atoms with Gasteiger partial charge in [-0.3, -0.25) is 4.90 Å². The van der Waals surface area contributed by atoms with E-state index in [0.717, 1.165) is 6.54 Å². The van der Waals surface area contributed by atoms with Gasteiger partial charge in [-0.1, -0.05) is 24.3 Å². The van der Waals surface area contributed by atoms with Crippen LogP contribution in [0, 0.1) is 0 Å². The zero-order chi connectivity index (χ0) is 15.1. The van der Waals surface area contributed by atoms with E-state index in [9.17, 15) is 0 Å². The maximum Gasteiger partial charge on any atom is 0.0234 e. The second-order valence-electron chi connectivity index (χ2n) is 6.66. The highest BCUT2D eigenvalue weighted by molar-refractivity contribution is 5.22. The lowest BCUT2D eigenvalue weighted by atomic mass is 10.1. The van der Waals surface area contributed by atoms with Gasteiger partial charge in [0.25, 0.3) is 0 Å². The lowest BCUT2D eigenvalue weighted by Crippen LogP contribution is -2.28. The third-order valence-corrected chi connectivity index (χ3v) is 4.31. The molecule has 0 atom stereocenters. The number of hydrogen-bond donors (Lipinski definition) is 0. The van der Waals surface area contributed by atoms with Crippen molar-refractivity contribution >= 4 is 0 Å². The lowest BCUT2D eigenvalue weighted by molar-refractivity contribution is 0.269. The molecule has 0 unspecified atom stereocenters. The Morgan fingerprint density at radius 1 is 0.952 bits per heavy atom. The van der Waals surface area contributed by atoms with Crippen molar-refractivity contribution < 1.29 is 0 Å². The summed E-state index contributed by atoms with van der Waals surface area (Å²) in [6.45, 7) is 7.13. The summed E-state index contributed by atoms with van der Waals surface area (Å²) in [4.78, 5) is 7.28. The average Bonchev–Trinajstić information content (AvgIpc) is 2.65. The molecule has 1 aromatic rings. The van der Waals surface area contributed by atoms with Crippen LogP contribution in [0.25, 0.3) is 0 Å². The van der Waals surface area contributed by atoms with Crippen LogP contribution in [0.5, 0.6) is 0 Å². The summed E-state index contributed by atoms with van der Waals surface area (Å²) < 4.78 is 0. The molecule has 3 nitrogen and oxygen atoms in total. The fraction of sp³-hybridized carbons (Fsp3) is 0.667. The van der Waals surface area contributed by atoms with Gasteiger partial charge in [-0.2, -0.15) is 0 Å². The summed E-state index contributed by atoms with van der Waals surface area (Å²) in [5.41, 5.74) is 2.92. The second-order valence-corrected chi connectivity index (χ2v) is 6.66. The van der Waals surface area contributed by atoms with Crippen molar-refractivity contribution in [3.63, 3.8) is 0 Å². The first-order valence-corrected chi connectivity index (χ1v) is 8.27. The van der Waals surface area contributed by atoms with Crippen LogP contribution in [0.15, 0.2) is 24.3 Å². The van der Waals surface area contributed by atoms with Crippen LogP contribution in [0.4, 0.5) is 0 Å². The fourth-order valence-electron chi connectivity index (χ4n) is 2.93. The summed E-state index contributed by atoms with van der Waals surface area (Å²) >= 11 is 0. The van der Waals surface area contributed by atoms with E-state index in [-0.39, 0.29) is 0 Å². The van der Waals surface area contributed by atoms with Gasteiger partial charge in [-0.05, 0) is 71.2 Å². The highest BCUT2D eigenvalue weighted by Gasteiger charge is 2.12. The normalized spacial score (nSPS) is 18.1. The monoisotopic (exact) mass is 289 g/mol. The predicted octanol–water partition coefficient (Wildman–Crippen LogP) is 2.32. The van der Waals surface area contributed by atoms with E-state index in [2.05, 4.69) is 60.1 Å². The molecular weight excluding hydrogens is 258 g/mol. The molecule has 1 fully saturated rings. The molecule has 3 heteroatoms. The smallest absolute Gasteiger partial charge is 0.0234 e. The molecule has 2 rings (SSSR count). The standard InChI is InChI=1S/C18H31N3/c1-19(2)11-4-6-17-7-9-18(10-8-17)16-21-13-5-12-20(3)14-15-21/h7-10H,4-6,11-16H2,1-3H3. The molecule has 0 aromatic heterocycles. The number of nitrogens with zero attached hydrogens (tertiary/aromatic N) is 3. The second kappa shape index (κ2) is 8.52. The van der Waals surface area contributed by atoms with Crippen molar-refractivity contribution in [1.82, 2.24) is 14.7 Å². The van der Waals surface area contributed by atoms with Gasteiger partial charge in [-0.15, -0.1) is 0 Å². The molecular formula is C18H31N3. The van der Waals surface area contributed by atoms with E-state index in [1.54, 1.807) is 0 Å². The van der Waals surface area contributed by atoms with Crippen LogP contribution in [-0.2, 0) is 13.0 Å². The van der Waals surface area contributed by atoms with Crippen LogP contribution in [0.1, 0.15) is 24.0 Å². The fourth-order valence-corrected chi connectivity index (χ4v) is 2.93. The van der Waals surface area contributed by atoms with Crippen LogP contribution >= 0.6 is 0 Å². The van der Waals surface area contributed by atoms with Crippen molar-refractivity contribution in [3.05, 3.63) is 35.4 Å². The zero-order valence-corrected chi connectivity index (χ0v) is 14.0. The minimum absolute atomic E-state index is 1.10. The van der Waals surface area contributed by atoms with Crippen LogP contribution in [0.2, 0.25) is 0 Å². The Morgan fingerprint density at radius 3 is 2.38 bits per heavy atom. The summed E-state index contributed by atoms with van der Waals surface area (Å²) in [6.07, 6.45) is 3.72. The van der Waals surface area contributed by atoms with E-state index in [4.69, 9.17) is 0 Å². The largest absolute Gasteiger partial charge is 0.309 e. The van der Waals surface area contributed by atoms with Crippen molar-refractivity contribution in [1.29, 1.82) is 0 Å². The lowest BCUT2D eigenvalue weighted by Gasteiger charge is -2.20. The molecule has 0 spiro atoms. The van der Waals surface area contributed by atoms with Gasteiger partial charge in [0.15, 0.2) is 0 Å². The summed E-state index contributed by atoms with van der Waals surface area (Å²) in [5, 5.41) is 0. The average molecular weight is 289 g/mol. The van der Waals surface area contributed by atoms with E-state index >= 15 is 0 Å². The molecule has 0 N–H and O–H groups in total. The highest BCUT2D eigenvalue weighted by atomic mass is 15.2. The van der Waals surface area contributed by atoms with E-state index in [1.807, 2.05) is 0 Å². The van der Waals surface area contributed by atoms with Gasteiger partial charge in [0.1, 0.15) is 0 Å². The minimum atomic E-state index is 1.10. The first-order valence-electron chi connectivity index (χ1n) is 8.27. The van der Waals surface area contributed by atoms with Gasteiger partial charge in [0.05, 0.1) is 0 Å². The van der Waals surface area contributed by atoms with Crippen LogP contribution in [0.3, 0.4) is 0 Å². The Kier molecular flexibility index (Phi) is 6.68. The molecule has 0 saturated carbocycles. The minimum Gasteiger partial charge on any atom is -0.309 e. The molecule has 1 saturated heterocycles. The number of rotatable bonds is 6. The van der Waals surface area contributed by atoms with Crippen LogP contribution < -0.4 is 0 Å². The van der Waals surface area contributed by atoms with Crippen molar-refractivity contribution in [2.24, 2.45) is 0 Å². The van der Waals surface area contributed by atoms with Gasteiger partial charge in [0.2, 0.25) is 0 Å². The van der Waals surface area contributed by atoms with Crippen molar-refractivity contribution in [2.45, 2.75) is 25.8 Å². The molecule has 0 radical (unpaired) electrons. The Balaban J connectivity index is 1.79. The summed E-state index contributed by atoms with van der Waals surface area (Å²) in [7, 11) is 6.51. The molecule has 0 aliphatic carbocycles. The third kappa shape index (κ3) is 6.16. The number of hydrogen-bond acceptors (Lipinski definition) is 3. The first-order chi connectivity index (χ1) is 10.1. The maximum atomic E-state index is 2.59. The first kappa shape index (κ1) is 16.5. The number of benzene rings is 1. The Hall–Kier alpha value is -0.900. The van der Waals surface area contributed by atoms with Crippen molar-refractivity contribution in [2.75, 3.05) is 53.9 Å². The van der Waals surface area contributed by atoms with Gasteiger partial charge in [0, 0.05) is 19.6 Å². The zero-order valence-electron chi connectivity index (χ0n) is 14.0. The van der Waals surface area contributed by atoms with Crippen molar-refractivity contribution in [3.8, 4) is 0 Å². The van der Waals surface area contributed by atoms with E-state index in [1.165, 1.54) is 63.1 Å². The molecule has 1 aliphatic heterocycles. The molecule has 21 heavy (non-hydrogen) atoms. The molecule has 118 valence electrons. The van der Waals surface area contributed by atoms with Gasteiger partial charge in [-0.25, -0.2) is 0 Å². The van der Waals surface area contributed by atoms with Gasteiger partial charge >= 0.3 is 0 Å². The Bertz CT molecular complexity index is 399. The summed E-state index contributed by atoms with van der Waals surface area (Å²) in [6, 6.07) is 9.27. The molecule has 0 bridgehead atoms. The van der Waals surface area contributed by atoms with Gasteiger partial charge < -0.3 is 9.80 Å². The Labute approximate surface area is 130 Å². The highest BCUT2D eigenvalue weighted by Crippen LogP contribution is 2.11. The SMILES string of the molecule is CN(C)CCCc1ccc(CN2CCCN(C)CC2)cc1. The predicted molar refractivity (Wildman–Crippen MR) is 90.7 cm³/mol. The molecule has 1 aromatic carbocycles. The number of aryl methyl sites for hydroxylation is 1. The summed E-state index contributed by atoms with van der Waals surface area (Å²) in [5.74, 6) is 0. The van der Waals surface area contributed by atoms with E-state index < -0.39 is 0 Å². The molecule has 1 aliphatic rings. The molecule has 0 amide bonds.